The summed E-state index contributed by atoms with van der Waals surface area (Å²) in [6, 6.07) is 12.1. The van der Waals surface area contributed by atoms with Crippen molar-refractivity contribution >= 4 is 11.1 Å². The molecule has 2 aromatic rings. The third-order valence-electron chi connectivity index (χ3n) is 7.45. The van der Waals surface area contributed by atoms with Crippen LogP contribution in [0.5, 0.6) is 11.5 Å². The van der Waals surface area contributed by atoms with Crippen molar-refractivity contribution in [2.75, 3.05) is 0 Å². The Morgan fingerprint density at radius 3 is 1.37 bits per heavy atom. The monoisotopic (exact) mass is 402 g/mol. The molecule has 2 nitrogen and oxygen atoms in total. The lowest BCUT2D eigenvalue weighted by Gasteiger charge is -2.36. The fraction of sp³-hybridized carbons (Fsp3) is 0.429. The zero-order valence-corrected chi connectivity index (χ0v) is 18.8. The Hall–Kier alpha value is -2.48. The quantitative estimate of drug-likeness (QED) is 0.556. The zero-order valence-electron chi connectivity index (χ0n) is 18.8. The van der Waals surface area contributed by atoms with E-state index >= 15 is 0 Å². The highest BCUT2D eigenvalue weighted by Gasteiger charge is 2.30. The molecule has 0 radical (unpaired) electrons. The van der Waals surface area contributed by atoms with Gasteiger partial charge < -0.3 is 10.2 Å². The highest BCUT2D eigenvalue weighted by Crippen LogP contribution is 2.46. The summed E-state index contributed by atoms with van der Waals surface area (Å²) in [7, 11) is 0. The maximum atomic E-state index is 9.84. The van der Waals surface area contributed by atoms with Crippen molar-refractivity contribution in [1.29, 1.82) is 0 Å². The summed E-state index contributed by atoms with van der Waals surface area (Å²) in [6.45, 7) is 8.56. The van der Waals surface area contributed by atoms with Gasteiger partial charge in [0.05, 0.1) is 0 Å². The fourth-order valence-electron chi connectivity index (χ4n) is 5.60. The molecule has 0 saturated heterocycles. The second kappa shape index (κ2) is 8.34. The van der Waals surface area contributed by atoms with Crippen LogP contribution in [-0.4, -0.2) is 10.2 Å². The zero-order chi connectivity index (χ0) is 21.4. The van der Waals surface area contributed by atoms with Crippen LogP contribution in [0.3, 0.4) is 0 Å². The van der Waals surface area contributed by atoms with E-state index in [1.165, 1.54) is 59.1 Å². The summed E-state index contributed by atoms with van der Waals surface area (Å²) in [5, 5.41) is 19.7. The fourth-order valence-corrected chi connectivity index (χ4v) is 5.60. The lowest BCUT2D eigenvalue weighted by molar-refractivity contribution is 0.281. The molecule has 2 heteroatoms. The predicted octanol–water partition coefficient (Wildman–Crippen LogP) is 7.56. The molecule has 0 fully saturated rings. The summed E-state index contributed by atoms with van der Waals surface area (Å²) in [4.78, 5) is 0. The second-order valence-corrected chi connectivity index (χ2v) is 9.53. The Bertz CT molecular complexity index is 941. The van der Waals surface area contributed by atoms with E-state index in [-0.39, 0.29) is 0 Å². The molecular formula is C28H34O2. The highest BCUT2D eigenvalue weighted by molar-refractivity contribution is 5.71. The Balaban J connectivity index is 1.49. The minimum Gasteiger partial charge on any atom is -0.508 e. The molecule has 0 amide bonds. The Kier molecular flexibility index (Phi) is 5.77. The average molecular weight is 403 g/mol. The maximum absolute atomic E-state index is 9.84. The van der Waals surface area contributed by atoms with Gasteiger partial charge in [0.25, 0.3) is 0 Å². The van der Waals surface area contributed by atoms with Crippen LogP contribution in [0.4, 0.5) is 0 Å². The molecule has 0 bridgehead atoms. The normalized spacial score (nSPS) is 22.5. The number of phenols is 2. The number of hydrogen-bond donors (Lipinski definition) is 2. The number of rotatable bonds is 3. The van der Waals surface area contributed by atoms with Crippen LogP contribution < -0.4 is 0 Å². The van der Waals surface area contributed by atoms with E-state index in [0.29, 0.717) is 11.5 Å². The van der Waals surface area contributed by atoms with Crippen molar-refractivity contribution in [3.63, 3.8) is 0 Å². The molecule has 2 N–H and O–H groups in total. The second-order valence-electron chi connectivity index (χ2n) is 9.53. The van der Waals surface area contributed by atoms with Crippen molar-refractivity contribution in [2.45, 2.75) is 66.2 Å². The van der Waals surface area contributed by atoms with Gasteiger partial charge >= 0.3 is 0 Å². The van der Waals surface area contributed by atoms with E-state index in [4.69, 9.17) is 0 Å². The molecule has 0 heterocycles. The predicted molar refractivity (Wildman–Crippen MR) is 126 cm³/mol. The minimum absolute atomic E-state index is 0.384. The molecule has 2 unspecified atom stereocenters. The lowest BCUT2D eigenvalue weighted by atomic mass is 9.69. The van der Waals surface area contributed by atoms with E-state index in [0.717, 1.165) is 35.8 Å². The van der Waals surface area contributed by atoms with Crippen LogP contribution in [0.2, 0.25) is 0 Å². The molecule has 2 atom stereocenters. The third kappa shape index (κ3) is 4.05. The van der Waals surface area contributed by atoms with Crippen LogP contribution >= 0.6 is 0 Å². The molecule has 0 aromatic heterocycles. The molecule has 2 aromatic carbocycles. The molecule has 0 aliphatic heterocycles. The van der Waals surface area contributed by atoms with Crippen LogP contribution in [-0.2, 0) is 0 Å². The van der Waals surface area contributed by atoms with Crippen LogP contribution in [0.1, 0.15) is 74.6 Å². The summed E-state index contributed by atoms with van der Waals surface area (Å²) in [5.74, 6) is 2.31. The van der Waals surface area contributed by atoms with Crippen LogP contribution in [0.15, 0.2) is 47.5 Å². The maximum Gasteiger partial charge on any atom is 0.118 e. The van der Waals surface area contributed by atoms with Crippen molar-refractivity contribution < 1.29 is 10.2 Å². The van der Waals surface area contributed by atoms with E-state index < -0.39 is 0 Å². The summed E-state index contributed by atoms with van der Waals surface area (Å²) >= 11 is 0. The first-order valence-electron chi connectivity index (χ1n) is 11.3. The standard InChI is InChI=1S/C28H34O2/c1-17-13-21(5-9-25(17)23-7-11-27(29)19(3)15-23)22-6-10-26(18(2)14-22)24-8-12-28(30)20(4)16-24/h7-8,11-12,15-16,21-22,29-30H,5-6,9-10,13-14H2,1-4H3. The van der Waals surface area contributed by atoms with Gasteiger partial charge in [0.15, 0.2) is 0 Å². The average Bonchev–Trinajstić information content (AvgIpc) is 2.72. The van der Waals surface area contributed by atoms with Gasteiger partial charge in [0, 0.05) is 0 Å². The topological polar surface area (TPSA) is 40.5 Å². The van der Waals surface area contributed by atoms with E-state index in [2.05, 4.69) is 38.1 Å². The van der Waals surface area contributed by atoms with Crippen molar-refractivity contribution in [1.82, 2.24) is 0 Å². The lowest BCUT2D eigenvalue weighted by Crippen LogP contribution is -2.22. The van der Waals surface area contributed by atoms with Gasteiger partial charge in [-0.15, -0.1) is 0 Å². The molecule has 0 saturated carbocycles. The molecule has 158 valence electrons. The smallest absolute Gasteiger partial charge is 0.118 e. The van der Waals surface area contributed by atoms with Crippen LogP contribution in [0.25, 0.3) is 11.1 Å². The molecule has 2 aliphatic carbocycles. The summed E-state index contributed by atoms with van der Waals surface area (Å²) in [6.07, 6.45) is 7.20. The third-order valence-corrected chi connectivity index (χ3v) is 7.45. The van der Waals surface area contributed by atoms with Crippen molar-refractivity contribution in [2.24, 2.45) is 11.8 Å². The molecular weight excluding hydrogens is 368 g/mol. The van der Waals surface area contributed by atoms with Crippen molar-refractivity contribution in [3.05, 3.63) is 69.8 Å². The number of hydrogen-bond acceptors (Lipinski definition) is 2. The van der Waals surface area contributed by atoms with Gasteiger partial charge in [-0.05, 0) is 136 Å². The first-order valence-corrected chi connectivity index (χ1v) is 11.3. The summed E-state index contributed by atoms with van der Waals surface area (Å²) < 4.78 is 0. The number of benzene rings is 2. The Morgan fingerprint density at radius 2 is 1.03 bits per heavy atom. The van der Waals surface area contributed by atoms with Gasteiger partial charge in [-0.2, -0.15) is 0 Å². The van der Waals surface area contributed by atoms with E-state index in [1.807, 2.05) is 26.0 Å². The number of aromatic hydroxyl groups is 2. The van der Waals surface area contributed by atoms with Gasteiger partial charge in [-0.25, -0.2) is 0 Å². The van der Waals surface area contributed by atoms with Gasteiger partial charge in [0.2, 0.25) is 0 Å². The largest absolute Gasteiger partial charge is 0.508 e. The van der Waals surface area contributed by atoms with Crippen molar-refractivity contribution in [3.8, 4) is 11.5 Å². The molecule has 0 spiro atoms. The molecule has 4 rings (SSSR count). The van der Waals surface area contributed by atoms with Gasteiger partial charge in [-0.3, -0.25) is 0 Å². The highest BCUT2D eigenvalue weighted by atomic mass is 16.3. The number of phenolic OH excluding ortho intramolecular Hbond substituents is 2. The SMILES string of the molecule is CC1=C(c2ccc(O)c(C)c2)CCC(C2CCC(c3ccc(O)c(C)c3)=C(C)C2)C1. The summed E-state index contributed by atoms with van der Waals surface area (Å²) in [5.41, 5.74) is 10.5. The first kappa shape index (κ1) is 20.8. The first-order chi connectivity index (χ1) is 14.3. The Labute approximate surface area is 181 Å². The van der Waals surface area contributed by atoms with E-state index in [9.17, 15) is 10.2 Å². The number of allylic oxidation sites excluding steroid dienone is 4. The minimum atomic E-state index is 0.384. The molecule has 2 aliphatic rings. The van der Waals surface area contributed by atoms with E-state index in [1.54, 1.807) is 0 Å². The van der Waals surface area contributed by atoms with Gasteiger partial charge in [-0.1, -0.05) is 23.3 Å². The molecule has 30 heavy (non-hydrogen) atoms. The van der Waals surface area contributed by atoms with Gasteiger partial charge in [0.1, 0.15) is 11.5 Å². The number of aryl methyl sites for hydroxylation is 2. The van der Waals surface area contributed by atoms with Crippen LogP contribution in [0, 0.1) is 25.7 Å². The Morgan fingerprint density at radius 1 is 0.633 bits per heavy atom.